The van der Waals surface area contributed by atoms with Gasteiger partial charge in [0, 0.05) is 0 Å². The molecule has 1 aliphatic heterocycles. The van der Waals surface area contributed by atoms with Crippen LogP contribution in [-0.4, -0.2) is 18.3 Å². The zero-order valence-corrected chi connectivity index (χ0v) is 16.9. The molecule has 0 atom stereocenters. The molecule has 2 nitrogen and oxygen atoms in total. The fourth-order valence-electron chi connectivity index (χ4n) is 4.56. The van der Waals surface area contributed by atoms with E-state index in [1.165, 1.54) is 49.6 Å². The fourth-order valence-corrected chi connectivity index (χ4v) is 4.56. The quantitative estimate of drug-likeness (QED) is 0.425. The summed E-state index contributed by atoms with van der Waals surface area (Å²) in [5.41, 5.74) is 8.38. The van der Waals surface area contributed by atoms with Crippen LogP contribution >= 0.6 is 0 Å². The molecule has 1 heterocycles. The van der Waals surface area contributed by atoms with Crippen molar-refractivity contribution in [2.24, 2.45) is 0 Å². The summed E-state index contributed by atoms with van der Waals surface area (Å²) in [6, 6.07) is 15.5. The summed E-state index contributed by atoms with van der Waals surface area (Å²) in [5, 5.41) is 2.59. The average Bonchev–Trinajstić information content (AvgIpc) is 3.03. The maximum Gasteiger partial charge on any atom is 0.495 e. The standard InChI is InChI=1S/C24H25BO2/c1-14-11-12-18-21-19(16-9-7-8-10-17(16)20(14)21)13-15(2)22(18)25-26-23(3,4)24(5,6)27-25/h7-13H,1-6H3. The van der Waals surface area contributed by atoms with Crippen LogP contribution in [-0.2, 0) is 9.31 Å². The summed E-state index contributed by atoms with van der Waals surface area (Å²) in [4.78, 5) is 0. The van der Waals surface area contributed by atoms with Gasteiger partial charge >= 0.3 is 7.12 Å². The highest BCUT2D eigenvalue weighted by Crippen LogP contribution is 2.49. The minimum atomic E-state index is -0.344. The third kappa shape index (κ3) is 2.16. The number of fused-ring (bicyclic) bond motifs is 3. The third-order valence-electron chi connectivity index (χ3n) is 6.73. The lowest BCUT2D eigenvalue weighted by Crippen LogP contribution is -2.41. The number of hydrogen-bond donors (Lipinski definition) is 0. The van der Waals surface area contributed by atoms with Gasteiger partial charge in [0.1, 0.15) is 0 Å². The van der Waals surface area contributed by atoms with E-state index in [0.717, 1.165) is 0 Å². The van der Waals surface area contributed by atoms with Gasteiger partial charge in [0.2, 0.25) is 0 Å². The molecule has 1 fully saturated rings. The first-order valence-electron chi connectivity index (χ1n) is 9.73. The molecule has 1 saturated heterocycles. The molecule has 3 aromatic carbocycles. The molecule has 0 aromatic heterocycles. The van der Waals surface area contributed by atoms with E-state index in [4.69, 9.17) is 9.31 Å². The Bertz CT molecular complexity index is 1100. The highest BCUT2D eigenvalue weighted by molar-refractivity contribution is 6.66. The molecule has 1 aliphatic carbocycles. The van der Waals surface area contributed by atoms with Crippen molar-refractivity contribution in [1.82, 2.24) is 0 Å². The van der Waals surface area contributed by atoms with Crippen molar-refractivity contribution in [3.05, 3.63) is 53.6 Å². The summed E-state index contributed by atoms with van der Waals surface area (Å²) >= 11 is 0. The van der Waals surface area contributed by atoms with Crippen molar-refractivity contribution in [2.75, 3.05) is 0 Å². The molecule has 0 spiro atoms. The molecule has 0 amide bonds. The van der Waals surface area contributed by atoms with Crippen LogP contribution in [0.5, 0.6) is 0 Å². The predicted molar refractivity (Wildman–Crippen MR) is 114 cm³/mol. The first kappa shape index (κ1) is 17.0. The van der Waals surface area contributed by atoms with Crippen LogP contribution in [0.4, 0.5) is 0 Å². The van der Waals surface area contributed by atoms with Gasteiger partial charge < -0.3 is 9.31 Å². The summed E-state index contributed by atoms with van der Waals surface area (Å²) in [6.45, 7) is 12.8. The Labute approximate surface area is 161 Å². The summed E-state index contributed by atoms with van der Waals surface area (Å²) in [6.07, 6.45) is 0. The molecule has 3 aromatic rings. The van der Waals surface area contributed by atoms with Crippen LogP contribution in [0.1, 0.15) is 38.8 Å². The number of aryl methyl sites for hydroxylation is 2. The van der Waals surface area contributed by atoms with Crippen LogP contribution in [0.2, 0.25) is 0 Å². The number of rotatable bonds is 1. The van der Waals surface area contributed by atoms with Gasteiger partial charge in [-0.2, -0.15) is 0 Å². The van der Waals surface area contributed by atoms with E-state index in [2.05, 4.69) is 84.0 Å². The van der Waals surface area contributed by atoms with Crippen LogP contribution in [0.15, 0.2) is 42.5 Å². The smallest absolute Gasteiger partial charge is 0.399 e. The van der Waals surface area contributed by atoms with E-state index in [9.17, 15) is 0 Å². The van der Waals surface area contributed by atoms with Crippen molar-refractivity contribution >= 4 is 23.4 Å². The maximum absolute atomic E-state index is 6.42. The molecule has 0 radical (unpaired) electrons. The summed E-state index contributed by atoms with van der Waals surface area (Å²) < 4.78 is 12.8. The van der Waals surface area contributed by atoms with Crippen molar-refractivity contribution in [3.8, 4) is 22.3 Å². The Morgan fingerprint density at radius 3 is 2.04 bits per heavy atom. The van der Waals surface area contributed by atoms with Gasteiger partial charge in [-0.05, 0) is 85.6 Å². The van der Waals surface area contributed by atoms with E-state index >= 15 is 0 Å². The zero-order valence-electron chi connectivity index (χ0n) is 16.9. The first-order valence-corrected chi connectivity index (χ1v) is 9.73. The second-order valence-electron chi connectivity index (χ2n) is 8.97. The van der Waals surface area contributed by atoms with Gasteiger partial charge in [0.25, 0.3) is 0 Å². The van der Waals surface area contributed by atoms with Gasteiger partial charge in [-0.1, -0.05) is 48.0 Å². The van der Waals surface area contributed by atoms with Gasteiger partial charge in [-0.15, -0.1) is 0 Å². The molecule has 5 rings (SSSR count). The lowest BCUT2D eigenvalue weighted by Gasteiger charge is -2.32. The normalized spacial score (nSPS) is 19.0. The SMILES string of the molecule is Cc1cc2c3c(c(C)ccc3c1B1OC(C)(C)C(C)(C)O1)-c1ccccc1-2. The van der Waals surface area contributed by atoms with E-state index in [1.807, 2.05) is 0 Å². The highest BCUT2D eigenvalue weighted by atomic mass is 16.7. The molecule has 136 valence electrons. The van der Waals surface area contributed by atoms with Crippen molar-refractivity contribution < 1.29 is 9.31 Å². The zero-order chi connectivity index (χ0) is 19.1. The number of hydrogen-bond acceptors (Lipinski definition) is 2. The third-order valence-corrected chi connectivity index (χ3v) is 6.73. The first-order chi connectivity index (χ1) is 12.7. The minimum Gasteiger partial charge on any atom is -0.399 e. The van der Waals surface area contributed by atoms with Crippen LogP contribution in [0, 0.1) is 13.8 Å². The molecular formula is C24H25BO2. The molecule has 27 heavy (non-hydrogen) atoms. The van der Waals surface area contributed by atoms with Crippen molar-refractivity contribution in [3.63, 3.8) is 0 Å². The largest absolute Gasteiger partial charge is 0.495 e. The second kappa shape index (κ2) is 5.24. The molecular weight excluding hydrogens is 331 g/mol. The van der Waals surface area contributed by atoms with Crippen LogP contribution in [0.3, 0.4) is 0 Å². The average molecular weight is 356 g/mol. The molecule has 0 unspecified atom stereocenters. The van der Waals surface area contributed by atoms with Crippen LogP contribution < -0.4 is 5.46 Å². The maximum atomic E-state index is 6.42. The highest BCUT2D eigenvalue weighted by Gasteiger charge is 2.52. The molecule has 2 aliphatic rings. The molecule has 0 N–H and O–H groups in total. The predicted octanol–water partition coefficient (Wildman–Crippen LogP) is 5.40. The second-order valence-corrected chi connectivity index (χ2v) is 8.97. The monoisotopic (exact) mass is 356 g/mol. The lowest BCUT2D eigenvalue weighted by molar-refractivity contribution is 0.00578. The van der Waals surface area contributed by atoms with Gasteiger partial charge in [-0.25, -0.2) is 0 Å². The molecule has 0 bridgehead atoms. The Hall–Kier alpha value is -2.10. The van der Waals surface area contributed by atoms with E-state index in [1.54, 1.807) is 0 Å². The Morgan fingerprint density at radius 2 is 1.37 bits per heavy atom. The Morgan fingerprint density at radius 1 is 0.741 bits per heavy atom. The Kier molecular flexibility index (Phi) is 3.31. The van der Waals surface area contributed by atoms with E-state index in [-0.39, 0.29) is 18.3 Å². The van der Waals surface area contributed by atoms with Gasteiger partial charge in [-0.3, -0.25) is 0 Å². The number of benzene rings is 3. The van der Waals surface area contributed by atoms with E-state index < -0.39 is 0 Å². The van der Waals surface area contributed by atoms with Gasteiger partial charge in [0.05, 0.1) is 11.2 Å². The summed E-state index contributed by atoms with van der Waals surface area (Å²) in [7, 11) is -0.344. The molecule has 0 saturated carbocycles. The molecule has 3 heteroatoms. The van der Waals surface area contributed by atoms with Gasteiger partial charge in [0.15, 0.2) is 0 Å². The van der Waals surface area contributed by atoms with Crippen LogP contribution in [0.25, 0.3) is 33.0 Å². The van der Waals surface area contributed by atoms with Crippen molar-refractivity contribution in [1.29, 1.82) is 0 Å². The Balaban J connectivity index is 1.81. The minimum absolute atomic E-state index is 0.341. The van der Waals surface area contributed by atoms with Crippen molar-refractivity contribution in [2.45, 2.75) is 52.7 Å². The fraction of sp³-hybridized carbons (Fsp3) is 0.333. The van der Waals surface area contributed by atoms with E-state index in [0.29, 0.717) is 0 Å². The summed E-state index contributed by atoms with van der Waals surface area (Å²) in [5.74, 6) is 0. The lowest BCUT2D eigenvalue weighted by atomic mass is 9.72. The topological polar surface area (TPSA) is 18.5 Å².